The van der Waals surface area contributed by atoms with Crippen LogP contribution in [0.5, 0.6) is 0 Å². The van der Waals surface area contributed by atoms with Crippen molar-refractivity contribution < 1.29 is 0 Å². The fourth-order valence-electron chi connectivity index (χ4n) is 12.7. The predicted molar refractivity (Wildman–Crippen MR) is 309 cm³/mol. The normalized spacial score (nSPS) is 14.6. The first-order valence-corrected chi connectivity index (χ1v) is 26.3. The molecule has 2 heteroatoms. The highest BCUT2D eigenvalue weighted by atomic mass is 15.0. The maximum atomic E-state index is 2.54. The monoisotopic (exact) mass is 933 g/mol. The van der Waals surface area contributed by atoms with Crippen molar-refractivity contribution in [2.24, 2.45) is 0 Å². The van der Waals surface area contributed by atoms with Crippen LogP contribution < -0.4 is 0 Å². The third-order valence-corrected chi connectivity index (χ3v) is 16.4. The van der Waals surface area contributed by atoms with Gasteiger partial charge in [-0.25, -0.2) is 0 Å². The number of hydrogen-bond donors (Lipinski definition) is 0. The zero-order valence-electron chi connectivity index (χ0n) is 43.2. The third-order valence-electron chi connectivity index (χ3n) is 16.4. The average molecular weight is 933 g/mol. The molecule has 0 saturated heterocycles. The second-order valence-electron chi connectivity index (χ2n) is 21.1. The Bertz CT molecular complexity index is 3900. The number of para-hydroxylation sites is 2. The molecule has 72 heavy (non-hydrogen) atoms. The molecule has 0 radical (unpaired) electrons. The van der Waals surface area contributed by atoms with Gasteiger partial charge in [-0.3, -0.25) is 0 Å². The van der Waals surface area contributed by atoms with E-state index in [0.29, 0.717) is 0 Å². The van der Waals surface area contributed by atoms with E-state index in [1.165, 1.54) is 139 Å². The fraction of sp³-hybridized carbons (Fsp3) is 0.200. The van der Waals surface area contributed by atoms with E-state index in [1.807, 2.05) is 0 Å². The number of nitrogens with zero attached hydrogens (tertiary/aromatic N) is 2. The summed E-state index contributed by atoms with van der Waals surface area (Å²) in [4.78, 5) is 0. The van der Waals surface area contributed by atoms with E-state index in [2.05, 4.69) is 253 Å². The lowest BCUT2D eigenvalue weighted by Crippen LogP contribution is -2.15. The summed E-state index contributed by atoms with van der Waals surface area (Å²) in [7, 11) is 0. The Kier molecular flexibility index (Phi) is 11.3. The van der Waals surface area contributed by atoms with Gasteiger partial charge >= 0.3 is 0 Å². The Labute approximate surface area is 426 Å². The van der Waals surface area contributed by atoms with Crippen molar-refractivity contribution in [1.29, 1.82) is 0 Å². The van der Waals surface area contributed by atoms with E-state index in [1.54, 1.807) is 0 Å². The summed E-state index contributed by atoms with van der Waals surface area (Å²) in [5, 5.41) is 3.92. The molecule has 1 atom stereocenters. The smallest absolute Gasteiger partial charge is 0.0546 e. The number of aryl methyl sites for hydroxylation is 3. The van der Waals surface area contributed by atoms with Crippen LogP contribution in [0.2, 0.25) is 0 Å². The molecule has 0 aliphatic heterocycles. The van der Waals surface area contributed by atoms with Crippen molar-refractivity contribution in [3.63, 3.8) is 0 Å². The number of hydrogen-bond acceptors (Lipinski definition) is 0. The van der Waals surface area contributed by atoms with Crippen LogP contribution in [0.25, 0.3) is 89.1 Å². The Balaban J connectivity index is 0.979. The molecule has 0 bridgehead atoms. The van der Waals surface area contributed by atoms with E-state index in [9.17, 15) is 0 Å². The van der Waals surface area contributed by atoms with Crippen molar-refractivity contribution in [1.82, 2.24) is 9.13 Å². The van der Waals surface area contributed by atoms with E-state index in [0.717, 1.165) is 25.7 Å². The molecule has 2 nitrogen and oxygen atoms in total. The maximum absolute atomic E-state index is 2.54. The predicted octanol–water partition coefficient (Wildman–Crippen LogP) is 19.2. The fourth-order valence-corrected chi connectivity index (χ4v) is 12.7. The van der Waals surface area contributed by atoms with E-state index in [-0.39, 0.29) is 11.3 Å². The molecule has 10 aromatic rings. The molecule has 1 unspecified atom stereocenters. The molecule has 0 fully saturated rings. The molecule has 354 valence electrons. The minimum Gasteiger partial charge on any atom is -0.310 e. The van der Waals surface area contributed by atoms with E-state index >= 15 is 0 Å². The third kappa shape index (κ3) is 7.37. The minimum absolute atomic E-state index is 0.137. The van der Waals surface area contributed by atoms with Crippen molar-refractivity contribution in [2.45, 2.75) is 92.4 Å². The van der Waals surface area contributed by atoms with Crippen molar-refractivity contribution in [3.8, 4) is 44.8 Å². The molecular weight excluding hydrogens is 869 g/mol. The Morgan fingerprint density at radius 3 is 2.06 bits per heavy atom. The molecule has 12 rings (SSSR count). The van der Waals surface area contributed by atoms with E-state index in [4.69, 9.17) is 0 Å². The van der Waals surface area contributed by atoms with Crippen LogP contribution in [0.3, 0.4) is 0 Å². The van der Waals surface area contributed by atoms with Gasteiger partial charge in [-0.2, -0.15) is 0 Å². The van der Waals surface area contributed by atoms with Gasteiger partial charge in [-0.1, -0.05) is 174 Å². The molecule has 0 N–H and O–H groups in total. The molecule has 0 amide bonds. The summed E-state index contributed by atoms with van der Waals surface area (Å²) in [5.41, 5.74) is 28.8. The second kappa shape index (κ2) is 17.9. The van der Waals surface area contributed by atoms with Crippen LogP contribution in [-0.4, -0.2) is 9.13 Å². The van der Waals surface area contributed by atoms with Crippen molar-refractivity contribution >= 4 is 44.4 Å². The minimum atomic E-state index is -0.137. The molecule has 0 saturated carbocycles. The first-order valence-electron chi connectivity index (χ1n) is 26.3. The Morgan fingerprint density at radius 1 is 0.583 bits per heavy atom. The van der Waals surface area contributed by atoms with E-state index < -0.39 is 0 Å². The highest BCUT2D eigenvalue weighted by molar-refractivity contribution is 6.11. The standard InChI is InChI=1S/C70H64N2/c1-9-48-22-14-15-26-58(48)57-34-35-62-69(47(57)6)60-33-32-54(43-63(60)70(62,7)8)71-65-30-19-17-28-61(65)68-46(5)38-51(42-67(68)71)45(4)31-36-66-56(10-2)59-27-16-18-29-64(59)72(66)55-40-52(49-23-12-11-13-24-49)39-53(41-55)50-25-20-21-44(3)37-50/h11-14,16-25,27-43,45H,9-10,15,26H2,1-8H3/b36-31-. The van der Waals surface area contributed by atoms with Crippen LogP contribution >= 0.6 is 0 Å². The SMILES string of the molecule is CCC1=C(c2ccc3c(c2C)-c2ccc(-n4c5ccccc5c5c(C)cc(C(C)/C=C\c6c(CC)c7ccccc7n6-c6cc(-c7ccccc7)cc(-c7cccc(C)c7)c6)cc54)cc2C3(C)C)CCC=C1. The Hall–Kier alpha value is -7.68. The molecule has 0 spiro atoms. The van der Waals surface area contributed by atoms with Crippen LogP contribution in [0.1, 0.15) is 110 Å². The number of rotatable bonds is 10. The maximum Gasteiger partial charge on any atom is 0.0546 e. The summed E-state index contributed by atoms with van der Waals surface area (Å²) in [6.45, 7) is 18.7. The summed E-state index contributed by atoms with van der Waals surface area (Å²) < 4.78 is 5.05. The lowest BCUT2D eigenvalue weighted by molar-refractivity contribution is 0.659. The second-order valence-corrected chi connectivity index (χ2v) is 21.1. The summed E-state index contributed by atoms with van der Waals surface area (Å²) in [6, 6.07) is 61.9. The topological polar surface area (TPSA) is 9.86 Å². The van der Waals surface area contributed by atoms with Gasteiger partial charge in [0.1, 0.15) is 0 Å². The number of aromatic nitrogens is 2. The van der Waals surface area contributed by atoms with Gasteiger partial charge in [-0.15, -0.1) is 0 Å². The molecule has 8 aromatic carbocycles. The average Bonchev–Trinajstić information content (AvgIpc) is 4.00. The largest absolute Gasteiger partial charge is 0.310 e. The number of fused-ring (bicyclic) bond motifs is 7. The van der Waals surface area contributed by atoms with Crippen LogP contribution in [0, 0.1) is 20.8 Å². The van der Waals surface area contributed by atoms with Crippen molar-refractivity contribution in [2.75, 3.05) is 0 Å². The number of benzene rings is 8. The molecule has 2 aliphatic rings. The van der Waals surface area contributed by atoms with Crippen LogP contribution in [-0.2, 0) is 11.8 Å². The zero-order valence-corrected chi connectivity index (χ0v) is 43.2. The van der Waals surface area contributed by atoms with Gasteiger partial charge in [0.15, 0.2) is 0 Å². The van der Waals surface area contributed by atoms with Crippen molar-refractivity contribution in [3.05, 3.63) is 238 Å². The highest BCUT2D eigenvalue weighted by Gasteiger charge is 2.38. The zero-order chi connectivity index (χ0) is 49.4. The van der Waals surface area contributed by atoms with Gasteiger partial charge in [-0.05, 0) is 190 Å². The first-order chi connectivity index (χ1) is 35.0. The quantitative estimate of drug-likeness (QED) is 0.129. The van der Waals surface area contributed by atoms with Crippen LogP contribution in [0.4, 0.5) is 0 Å². The summed E-state index contributed by atoms with van der Waals surface area (Å²) in [5.74, 6) is 0.142. The number of allylic oxidation sites excluding steroid dienone is 5. The highest BCUT2D eigenvalue weighted by Crippen LogP contribution is 2.53. The molecular formula is C70H64N2. The molecule has 2 aromatic heterocycles. The lowest BCUT2D eigenvalue weighted by Gasteiger charge is -2.24. The summed E-state index contributed by atoms with van der Waals surface area (Å²) in [6.07, 6.45) is 13.8. The van der Waals surface area contributed by atoms with Gasteiger partial charge < -0.3 is 9.13 Å². The van der Waals surface area contributed by atoms with Gasteiger partial charge in [0.05, 0.1) is 16.6 Å². The summed E-state index contributed by atoms with van der Waals surface area (Å²) >= 11 is 0. The van der Waals surface area contributed by atoms with Gasteiger partial charge in [0.2, 0.25) is 0 Å². The lowest BCUT2D eigenvalue weighted by atomic mass is 9.80. The van der Waals surface area contributed by atoms with Crippen LogP contribution in [0.15, 0.2) is 188 Å². The van der Waals surface area contributed by atoms with Gasteiger partial charge in [0.25, 0.3) is 0 Å². The molecule has 2 aliphatic carbocycles. The Morgan fingerprint density at radius 2 is 1.29 bits per heavy atom. The van der Waals surface area contributed by atoms with Gasteiger partial charge in [0, 0.05) is 38.6 Å². The first kappa shape index (κ1) is 45.5. The molecule has 2 heterocycles.